The second-order valence-electron chi connectivity index (χ2n) is 5.24. The molecule has 0 amide bonds. The number of thiazole rings is 1. The lowest BCUT2D eigenvalue weighted by Crippen LogP contribution is -2.22. The van der Waals surface area contributed by atoms with Gasteiger partial charge in [0, 0.05) is 5.33 Å². The fourth-order valence-corrected chi connectivity index (χ4v) is 3.76. The van der Waals surface area contributed by atoms with Gasteiger partial charge in [-0.3, -0.25) is 4.79 Å². The Morgan fingerprint density at radius 2 is 2.08 bits per heavy atom. The summed E-state index contributed by atoms with van der Waals surface area (Å²) in [7, 11) is 0. The van der Waals surface area contributed by atoms with E-state index in [1.54, 1.807) is 4.40 Å². The third kappa shape index (κ3) is 2.72. The van der Waals surface area contributed by atoms with Crippen LogP contribution in [0.15, 0.2) is 53.3 Å². The van der Waals surface area contributed by atoms with Crippen LogP contribution in [0.5, 0.6) is 5.75 Å². The van der Waals surface area contributed by atoms with Crippen LogP contribution in [0.4, 0.5) is 0 Å². The number of para-hydroxylation sites is 2. The fraction of sp³-hybridized carbons (Fsp3) is 0.111. The van der Waals surface area contributed by atoms with Gasteiger partial charge in [-0.15, -0.1) is 0 Å². The largest absolute Gasteiger partial charge is 0.493 e. The van der Waals surface area contributed by atoms with Crippen molar-refractivity contribution >= 4 is 49.3 Å². The third-order valence-corrected chi connectivity index (χ3v) is 4.94. The lowest BCUT2D eigenvalue weighted by molar-refractivity contribution is 0.345. The van der Waals surface area contributed by atoms with Crippen molar-refractivity contribution in [2.24, 2.45) is 0 Å². The number of halogens is 1. The van der Waals surface area contributed by atoms with Gasteiger partial charge in [-0.2, -0.15) is 0 Å². The lowest BCUT2D eigenvalue weighted by Gasteiger charge is -2.03. The number of hydrogen-bond acceptors (Lipinski definition) is 4. The number of ether oxygens (including phenoxy) is 1. The number of benzene rings is 2. The quantitative estimate of drug-likeness (QED) is 0.494. The van der Waals surface area contributed by atoms with Crippen molar-refractivity contribution in [3.8, 4) is 5.75 Å². The van der Waals surface area contributed by atoms with E-state index in [-0.39, 0.29) is 5.56 Å². The Hall–Kier alpha value is -2.18. The zero-order chi connectivity index (χ0) is 16.5. The monoisotopic (exact) mass is 400 g/mol. The topological polar surface area (TPSA) is 43.6 Å². The predicted octanol–water partition coefficient (Wildman–Crippen LogP) is 3.23. The Balaban J connectivity index is 1.83. The van der Waals surface area contributed by atoms with Gasteiger partial charge in [0.15, 0.2) is 4.96 Å². The van der Waals surface area contributed by atoms with Gasteiger partial charge in [0.25, 0.3) is 5.56 Å². The molecule has 2 heterocycles. The molecule has 0 N–H and O–H groups in total. The second kappa shape index (κ2) is 6.37. The van der Waals surface area contributed by atoms with Crippen molar-refractivity contribution in [3.05, 3.63) is 69.0 Å². The van der Waals surface area contributed by atoms with Crippen LogP contribution in [0, 0.1) is 0 Å². The maximum absolute atomic E-state index is 12.7. The van der Waals surface area contributed by atoms with Gasteiger partial charge >= 0.3 is 0 Å². The van der Waals surface area contributed by atoms with E-state index in [0.717, 1.165) is 32.6 Å². The summed E-state index contributed by atoms with van der Waals surface area (Å²) in [6.07, 6.45) is 1.89. The van der Waals surface area contributed by atoms with Crippen LogP contribution in [0.2, 0.25) is 0 Å². The van der Waals surface area contributed by atoms with Crippen molar-refractivity contribution in [2.45, 2.75) is 0 Å². The van der Waals surface area contributed by atoms with E-state index in [2.05, 4.69) is 20.9 Å². The molecule has 6 heteroatoms. The molecule has 0 aliphatic carbocycles. The van der Waals surface area contributed by atoms with Crippen molar-refractivity contribution in [1.82, 2.24) is 9.38 Å². The molecular weight excluding hydrogens is 388 g/mol. The average Bonchev–Trinajstić information content (AvgIpc) is 3.10. The summed E-state index contributed by atoms with van der Waals surface area (Å²) in [6, 6.07) is 15.4. The molecule has 0 saturated carbocycles. The highest BCUT2D eigenvalue weighted by molar-refractivity contribution is 9.09. The molecule has 4 nitrogen and oxygen atoms in total. The molecule has 0 spiro atoms. The van der Waals surface area contributed by atoms with Gasteiger partial charge < -0.3 is 4.74 Å². The highest BCUT2D eigenvalue weighted by Crippen LogP contribution is 2.17. The summed E-state index contributed by atoms with van der Waals surface area (Å²) in [4.78, 5) is 18.0. The molecule has 4 aromatic rings. The van der Waals surface area contributed by atoms with E-state index in [4.69, 9.17) is 4.74 Å². The Bertz CT molecular complexity index is 1130. The molecule has 4 rings (SSSR count). The Morgan fingerprint density at radius 3 is 2.96 bits per heavy atom. The lowest BCUT2D eigenvalue weighted by atomic mass is 10.2. The summed E-state index contributed by atoms with van der Waals surface area (Å²) >= 11 is 4.75. The Kier molecular flexibility index (Phi) is 4.08. The molecule has 0 aliphatic heterocycles. The maximum Gasteiger partial charge on any atom is 0.274 e. The molecule has 24 heavy (non-hydrogen) atoms. The van der Waals surface area contributed by atoms with Gasteiger partial charge in [0.1, 0.15) is 5.75 Å². The first-order chi connectivity index (χ1) is 11.8. The normalized spacial score (nSPS) is 12.3. The van der Waals surface area contributed by atoms with Crippen molar-refractivity contribution in [2.75, 3.05) is 11.9 Å². The fourth-order valence-electron chi connectivity index (χ4n) is 2.61. The van der Waals surface area contributed by atoms with Crippen molar-refractivity contribution in [3.63, 3.8) is 0 Å². The highest BCUT2D eigenvalue weighted by atomic mass is 79.9. The zero-order valence-corrected chi connectivity index (χ0v) is 15.0. The molecular formula is C18H13BrN2O2S. The first-order valence-electron chi connectivity index (χ1n) is 7.47. The molecule has 0 atom stereocenters. The number of hydrogen-bond donors (Lipinski definition) is 0. The number of fused-ring (bicyclic) bond motifs is 3. The summed E-state index contributed by atoms with van der Waals surface area (Å²) in [6.45, 7) is 0.606. The number of imidazole rings is 1. The average molecular weight is 401 g/mol. The van der Waals surface area contributed by atoms with Gasteiger partial charge in [-0.1, -0.05) is 51.5 Å². The van der Waals surface area contributed by atoms with E-state index in [0.29, 0.717) is 11.1 Å². The van der Waals surface area contributed by atoms with Gasteiger partial charge in [0.2, 0.25) is 0 Å². The Labute approximate surface area is 150 Å². The standard InChI is InChI=1S/C18H13BrN2O2S/c19-8-9-23-13-5-3-4-12(10-13)11-16-17(22)21-15-7-2-1-6-14(15)20-18(21)24-16/h1-7,10-11H,8-9H2/b16-11-. The Morgan fingerprint density at radius 1 is 1.21 bits per heavy atom. The van der Waals surface area contributed by atoms with E-state index < -0.39 is 0 Å². The summed E-state index contributed by atoms with van der Waals surface area (Å²) in [5.74, 6) is 0.794. The van der Waals surface area contributed by atoms with E-state index in [9.17, 15) is 4.79 Å². The van der Waals surface area contributed by atoms with Crippen LogP contribution in [-0.2, 0) is 0 Å². The van der Waals surface area contributed by atoms with Crippen molar-refractivity contribution < 1.29 is 4.74 Å². The molecule has 0 radical (unpaired) electrons. The smallest absolute Gasteiger partial charge is 0.274 e. The minimum atomic E-state index is -0.0320. The van der Waals surface area contributed by atoms with Crippen LogP contribution >= 0.6 is 27.3 Å². The van der Waals surface area contributed by atoms with Crippen LogP contribution < -0.4 is 14.8 Å². The van der Waals surface area contributed by atoms with Gasteiger partial charge in [-0.05, 0) is 35.9 Å². The summed E-state index contributed by atoms with van der Waals surface area (Å²) in [5, 5.41) is 0.779. The molecule has 0 bridgehead atoms. The van der Waals surface area contributed by atoms with Crippen LogP contribution in [0.1, 0.15) is 5.56 Å². The highest BCUT2D eigenvalue weighted by Gasteiger charge is 2.10. The number of nitrogens with zero attached hydrogens (tertiary/aromatic N) is 2. The molecule has 2 aromatic heterocycles. The van der Waals surface area contributed by atoms with Crippen LogP contribution in [-0.4, -0.2) is 21.3 Å². The second-order valence-corrected chi connectivity index (χ2v) is 7.05. The zero-order valence-electron chi connectivity index (χ0n) is 12.6. The number of aromatic nitrogens is 2. The minimum Gasteiger partial charge on any atom is -0.493 e. The van der Waals surface area contributed by atoms with E-state index in [1.807, 2.05) is 54.6 Å². The van der Waals surface area contributed by atoms with Crippen molar-refractivity contribution in [1.29, 1.82) is 0 Å². The van der Waals surface area contributed by atoms with Crippen LogP contribution in [0.25, 0.3) is 22.1 Å². The van der Waals surface area contributed by atoms with Gasteiger partial charge in [0.05, 0.1) is 22.2 Å². The third-order valence-electron chi connectivity index (χ3n) is 3.65. The molecule has 0 aliphatic rings. The molecule has 0 unspecified atom stereocenters. The van der Waals surface area contributed by atoms with E-state index >= 15 is 0 Å². The number of rotatable bonds is 4. The minimum absolute atomic E-state index is 0.0320. The predicted molar refractivity (Wildman–Crippen MR) is 101 cm³/mol. The molecule has 0 saturated heterocycles. The summed E-state index contributed by atoms with van der Waals surface area (Å²) in [5.41, 5.74) is 2.60. The van der Waals surface area contributed by atoms with E-state index in [1.165, 1.54) is 11.3 Å². The maximum atomic E-state index is 12.7. The molecule has 2 aromatic carbocycles. The SMILES string of the molecule is O=c1/c(=C/c2cccc(OCCBr)c2)sc2nc3ccccc3n12. The first-order valence-corrected chi connectivity index (χ1v) is 9.40. The van der Waals surface area contributed by atoms with Gasteiger partial charge in [-0.25, -0.2) is 9.38 Å². The summed E-state index contributed by atoms with van der Waals surface area (Å²) < 4.78 is 7.95. The molecule has 120 valence electrons. The van der Waals surface area contributed by atoms with Crippen LogP contribution in [0.3, 0.4) is 0 Å². The first kappa shape index (κ1) is 15.4. The number of alkyl halides is 1. The molecule has 0 fully saturated rings.